The number of hydrogen-bond acceptors (Lipinski definition) is 5. The van der Waals surface area contributed by atoms with Gasteiger partial charge in [0.15, 0.2) is 0 Å². The van der Waals surface area contributed by atoms with Crippen molar-refractivity contribution < 1.29 is 14.3 Å². The monoisotopic (exact) mass is 327 g/mol. The van der Waals surface area contributed by atoms with E-state index in [1.807, 2.05) is 32.0 Å². The summed E-state index contributed by atoms with van der Waals surface area (Å²) in [7, 11) is 1.62. The molecule has 1 aliphatic heterocycles. The zero-order valence-electron chi connectivity index (χ0n) is 14.3. The lowest BCUT2D eigenvalue weighted by Crippen LogP contribution is -2.41. The maximum atomic E-state index is 12.5. The van der Waals surface area contributed by atoms with Crippen molar-refractivity contribution in [2.45, 2.75) is 38.8 Å². The summed E-state index contributed by atoms with van der Waals surface area (Å²) >= 11 is 0. The number of amides is 1. The molecule has 2 aromatic rings. The van der Waals surface area contributed by atoms with Gasteiger partial charge in [-0.05, 0) is 32.9 Å². The molecule has 0 fully saturated rings. The first-order valence-corrected chi connectivity index (χ1v) is 7.84. The molecule has 0 bridgehead atoms. The Kier molecular flexibility index (Phi) is 4.13. The number of ether oxygens (including phenoxy) is 2. The van der Waals surface area contributed by atoms with Gasteiger partial charge >= 0.3 is 0 Å². The van der Waals surface area contributed by atoms with Crippen LogP contribution in [0.15, 0.2) is 30.6 Å². The van der Waals surface area contributed by atoms with Gasteiger partial charge in [-0.2, -0.15) is 0 Å². The smallest absolute Gasteiger partial charge is 0.254 e. The highest BCUT2D eigenvalue weighted by Gasteiger charge is 2.35. The zero-order valence-corrected chi connectivity index (χ0v) is 14.3. The Balaban J connectivity index is 1.88. The third-order valence-electron chi connectivity index (χ3n) is 4.03. The van der Waals surface area contributed by atoms with Gasteiger partial charge in [-0.1, -0.05) is 0 Å². The second-order valence-corrected chi connectivity index (χ2v) is 6.51. The molecule has 24 heavy (non-hydrogen) atoms. The van der Waals surface area contributed by atoms with Gasteiger partial charge in [0.2, 0.25) is 0 Å². The number of methoxy groups -OCH3 is 1. The average molecular weight is 327 g/mol. The second kappa shape index (κ2) is 6.11. The van der Waals surface area contributed by atoms with E-state index in [1.54, 1.807) is 14.0 Å². The fraction of sp³-hybridized carbons (Fsp3) is 0.389. The van der Waals surface area contributed by atoms with Crippen molar-refractivity contribution in [1.82, 2.24) is 15.3 Å². The number of benzene rings is 1. The highest BCUT2D eigenvalue weighted by atomic mass is 16.5. The van der Waals surface area contributed by atoms with Gasteiger partial charge in [0, 0.05) is 30.4 Å². The molecule has 6 heteroatoms. The van der Waals surface area contributed by atoms with Crippen LogP contribution in [-0.2, 0) is 0 Å². The van der Waals surface area contributed by atoms with Crippen LogP contribution in [-0.4, -0.2) is 28.6 Å². The van der Waals surface area contributed by atoms with Crippen LogP contribution in [0.5, 0.6) is 11.5 Å². The number of nitrogens with zero attached hydrogens (tertiary/aromatic N) is 2. The van der Waals surface area contributed by atoms with Crippen LogP contribution in [0.3, 0.4) is 0 Å². The van der Waals surface area contributed by atoms with Crippen molar-refractivity contribution in [3.8, 4) is 11.5 Å². The van der Waals surface area contributed by atoms with Gasteiger partial charge in [0.25, 0.3) is 5.91 Å². The van der Waals surface area contributed by atoms with Crippen molar-refractivity contribution in [2.75, 3.05) is 7.11 Å². The topological polar surface area (TPSA) is 73.3 Å². The first-order valence-electron chi connectivity index (χ1n) is 7.84. The Bertz CT molecular complexity index is 757. The lowest BCUT2D eigenvalue weighted by atomic mass is 9.89. The first-order chi connectivity index (χ1) is 11.4. The molecule has 1 N–H and O–H groups in total. The van der Waals surface area contributed by atoms with E-state index in [-0.39, 0.29) is 17.6 Å². The second-order valence-electron chi connectivity index (χ2n) is 6.51. The SMILES string of the molecule is COc1ccc2c(c1)OC(C)(C)C[C@H]2NC(=O)c1cnc(C)nc1. The summed E-state index contributed by atoms with van der Waals surface area (Å²) in [5.41, 5.74) is 0.998. The maximum absolute atomic E-state index is 12.5. The summed E-state index contributed by atoms with van der Waals surface area (Å²) in [4.78, 5) is 20.7. The quantitative estimate of drug-likeness (QED) is 0.938. The Morgan fingerprint density at radius 1 is 1.33 bits per heavy atom. The van der Waals surface area contributed by atoms with E-state index in [2.05, 4.69) is 15.3 Å². The predicted octanol–water partition coefficient (Wildman–Crippen LogP) is 2.83. The Morgan fingerprint density at radius 3 is 2.71 bits per heavy atom. The summed E-state index contributed by atoms with van der Waals surface area (Å²) in [5.74, 6) is 1.90. The van der Waals surface area contributed by atoms with E-state index >= 15 is 0 Å². The molecule has 0 saturated heterocycles. The zero-order chi connectivity index (χ0) is 17.3. The Hall–Kier alpha value is -2.63. The van der Waals surface area contributed by atoms with E-state index in [0.717, 1.165) is 17.1 Å². The number of rotatable bonds is 3. The van der Waals surface area contributed by atoms with E-state index in [9.17, 15) is 4.79 Å². The molecular formula is C18H21N3O3. The summed E-state index contributed by atoms with van der Waals surface area (Å²) in [6, 6.07) is 5.50. The molecule has 0 radical (unpaired) electrons. The van der Waals surface area contributed by atoms with Gasteiger partial charge in [-0.3, -0.25) is 4.79 Å². The number of fused-ring (bicyclic) bond motifs is 1. The number of carbonyl (C=O) groups excluding carboxylic acids is 1. The minimum atomic E-state index is -0.388. The average Bonchev–Trinajstić information content (AvgIpc) is 2.53. The normalized spacial score (nSPS) is 18.2. The van der Waals surface area contributed by atoms with Crippen LogP contribution < -0.4 is 14.8 Å². The fourth-order valence-electron chi connectivity index (χ4n) is 2.84. The number of nitrogens with one attached hydrogen (secondary N) is 1. The van der Waals surface area contributed by atoms with E-state index in [0.29, 0.717) is 17.8 Å². The molecule has 6 nitrogen and oxygen atoms in total. The highest BCUT2D eigenvalue weighted by Crippen LogP contribution is 2.41. The lowest BCUT2D eigenvalue weighted by Gasteiger charge is -2.38. The molecule has 0 spiro atoms. The Labute approximate surface area is 141 Å². The molecule has 0 saturated carbocycles. The minimum absolute atomic E-state index is 0.150. The van der Waals surface area contributed by atoms with Crippen LogP contribution in [0.1, 0.15) is 48.1 Å². The molecule has 0 unspecified atom stereocenters. The summed E-state index contributed by atoms with van der Waals surface area (Å²) in [6.07, 6.45) is 3.75. The molecule has 1 amide bonds. The fourth-order valence-corrected chi connectivity index (χ4v) is 2.84. The van der Waals surface area contributed by atoms with Gasteiger partial charge in [-0.15, -0.1) is 0 Å². The summed E-state index contributed by atoms with van der Waals surface area (Å²) < 4.78 is 11.3. The summed E-state index contributed by atoms with van der Waals surface area (Å²) in [5, 5.41) is 3.06. The number of aryl methyl sites for hydroxylation is 1. The third-order valence-corrected chi connectivity index (χ3v) is 4.03. The van der Waals surface area contributed by atoms with Crippen molar-refractivity contribution in [3.63, 3.8) is 0 Å². The minimum Gasteiger partial charge on any atom is -0.497 e. The molecule has 1 aromatic heterocycles. The molecular weight excluding hydrogens is 306 g/mol. The molecule has 126 valence electrons. The van der Waals surface area contributed by atoms with Gasteiger partial charge in [0.05, 0.1) is 18.7 Å². The van der Waals surface area contributed by atoms with E-state index < -0.39 is 0 Å². The number of hydrogen-bond donors (Lipinski definition) is 1. The Morgan fingerprint density at radius 2 is 2.04 bits per heavy atom. The number of aromatic nitrogens is 2. The van der Waals surface area contributed by atoms with Crippen molar-refractivity contribution >= 4 is 5.91 Å². The van der Waals surface area contributed by atoms with Crippen LogP contribution >= 0.6 is 0 Å². The standard InChI is InChI=1S/C18H21N3O3/c1-11-19-9-12(10-20-11)17(22)21-15-8-18(2,3)24-16-7-13(23-4)5-6-14(15)16/h5-7,9-10,15H,8H2,1-4H3,(H,21,22)/t15-/m1/s1. The van der Waals surface area contributed by atoms with Crippen molar-refractivity contribution in [3.05, 3.63) is 47.5 Å². The number of carbonyl (C=O) groups is 1. The van der Waals surface area contributed by atoms with Gasteiger partial charge in [-0.25, -0.2) is 9.97 Å². The van der Waals surface area contributed by atoms with E-state index in [1.165, 1.54) is 12.4 Å². The van der Waals surface area contributed by atoms with Crippen LogP contribution in [0.25, 0.3) is 0 Å². The summed E-state index contributed by atoms with van der Waals surface area (Å²) in [6.45, 7) is 5.79. The van der Waals surface area contributed by atoms with E-state index in [4.69, 9.17) is 9.47 Å². The molecule has 1 aliphatic rings. The first kappa shape index (κ1) is 16.2. The van der Waals surface area contributed by atoms with Crippen LogP contribution in [0.4, 0.5) is 0 Å². The van der Waals surface area contributed by atoms with Gasteiger partial charge < -0.3 is 14.8 Å². The molecule has 2 heterocycles. The van der Waals surface area contributed by atoms with Crippen LogP contribution in [0.2, 0.25) is 0 Å². The maximum Gasteiger partial charge on any atom is 0.254 e. The molecule has 1 aromatic carbocycles. The lowest BCUT2D eigenvalue weighted by molar-refractivity contribution is 0.0617. The largest absolute Gasteiger partial charge is 0.497 e. The predicted molar refractivity (Wildman–Crippen MR) is 89.3 cm³/mol. The van der Waals surface area contributed by atoms with Crippen molar-refractivity contribution in [1.29, 1.82) is 0 Å². The molecule has 0 aliphatic carbocycles. The van der Waals surface area contributed by atoms with Gasteiger partial charge in [0.1, 0.15) is 22.9 Å². The third kappa shape index (κ3) is 3.32. The molecule has 1 atom stereocenters. The van der Waals surface area contributed by atoms with Crippen molar-refractivity contribution in [2.24, 2.45) is 0 Å². The highest BCUT2D eigenvalue weighted by molar-refractivity contribution is 5.93. The van der Waals surface area contributed by atoms with Crippen LogP contribution in [0, 0.1) is 6.92 Å². The molecule has 3 rings (SSSR count).